The third kappa shape index (κ3) is 2.90. The molecular formula is C27H19FN4. The minimum absolute atomic E-state index is 0.232. The van der Waals surface area contributed by atoms with Gasteiger partial charge < -0.3 is 4.98 Å². The highest BCUT2D eigenvalue weighted by atomic mass is 19.1. The standard InChI is InChI=1S/C27H19FN4/c1-16-11-12-29-15-22(16)17-9-10-25-21(13-17)27(32-31-25)26-14-20-18(6-4-8-24(20)30-26)19-5-2-3-7-23(19)28/h2-15,30H,1H3,(H,31,32). The van der Waals surface area contributed by atoms with Crippen molar-refractivity contribution < 1.29 is 4.39 Å². The Hall–Kier alpha value is -4.25. The molecule has 5 heteroatoms. The third-order valence-electron chi connectivity index (χ3n) is 6.00. The van der Waals surface area contributed by atoms with Crippen molar-refractivity contribution in [3.8, 4) is 33.6 Å². The largest absolute Gasteiger partial charge is 0.353 e. The van der Waals surface area contributed by atoms with E-state index in [9.17, 15) is 4.39 Å². The maximum atomic E-state index is 14.5. The Morgan fingerprint density at radius 2 is 1.66 bits per heavy atom. The van der Waals surface area contributed by atoms with Crippen molar-refractivity contribution in [2.24, 2.45) is 0 Å². The van der Waals surface area contributed by atoms with Gasteiger partial charge in [-0.1, -0.05) is 36.4 Å². The lowest BCUT2D eigenvalue weighted by atomic mass is 10.00. The fourth-order valence-electron chi connectivity index (χ4n) is 4.35. The molecule has 0 saturated heterocycles. The number of fused-ring (bicyclic) bond motifs is 2. The number of nitrogens with zero attached hydrogens (tertiary/aromatic N) is 2. The van der Waals surface area contributed by atoms with Gasteiger partial charge in [0.05, 0.1) is 11.2 Å². The molecule has 0 spiro atoms. The Labute approximate surface area is 183 Å². The number of hydrogen-bond donors (Lipinski definition) is 2. The average Bonchev–Trinajstić information content (AvgIpc) is 3.43. The molecule has 4 nitrogen and oxygen atoms in total. The van der Waals surface area contributed by atoms with E-state index in [0.29, 0.717) is 5.56 Å². The first-order chi connectivity index (χ1) is 15.7. The molecule has 3 heterocycles. The van der Waals surface area contributed by atoms with Gasteiger partial charge in [-0.2, -0.15) is 5.10 Å². The number of nitrogens with one attached hydrogen (secondary N) is 2. The zero-order valence-electron chi connectivity index (χ0n) is 17.4. The molecule has 0 saturated carbocycles. The quantitative estimate of drug-likeness (QED) is 0.329. The van der Waals surface area contributed by atoms with E-state index in [4.69, 9.17) is 0 Å². The smallest absolute Gasteiger partial charge is 0.131 e. The number of pyridine rings is 1. The zero-order chi connectivity index (χ0) is 21.7. The summed E-state index contributed by atoms with van der Waals surface area (Å²) < 4.78 is 14.5. The SMILES string of the molecule is Cc1ccncc1-c1ccc2[nH]nc(-c3cc4c(-c5ccccc5F)cccc4[nH]3)c2c1. The number of halogens is 1. The van der Waals surface area contributed by atoms with Crippen LogP contribution in [0.4, 0.5) is 4.39 Å². The zero-order valence-corrected chi connectivity index (χ0v) is 17.4. The lowest BCUT2D eigenvalue weighted by molar-refractivity contribution is 0.631. The van der Waals surface area contributed by atoms with Gasteiger partial charge in [0.2, 0.25) is 0 Å². The number of H-pyrrole nitrogens is 2. The van der Waals surface area contributed by atoms with Crippen LogP contribution in [0.15, 0.2) is 85.2 Å². The van der Waals surface area contributed by atoms with Crippen molar-refractivity contribution >= 4 is 21.8 Å². The summed E-state index contributed by atoms with van der Waals surface area (Å²) in [6.45, 7) is 2.08. The van der Waals surface area contributed by atoms with Gasteiger partial charge in [-0.25, -0.2) is 4.39 Å². The van der Waals surface area contributed by atoms with Gasteiger partial charge in [0.1, 0.15) is 11.5 Å². The number of aromatic nitrogens is 4. The van der Waals surface area contributed by atoms with Crippen LogP contribution in [0.25, 0.3) is 55.4 Å². The summed E-state index contributed by atoms with van der Waals surface area (Å²) in [7, 11) is 0. The fraction of sp³-hybridized carbons (Fsp3) is 0.0370. The molecule has 0 radical (unpaired) electrons. The van der Waals surface area contributed by atoms with Gasteiger partial charge in [0.25, 0.3) is 0 Å². The molecule has 0 unspecified atom stereocenters. The molecule has 3 aromatic carbocycles. The lowest BCUT2D eigenvalue weighted by Gasteiger charge is -2.05. The van der Waals surface area contributed by atoms with E-state index in [1.165, 1.54) is 11.6 Å². The Bertz CT molecular complexity index is 1610. The van der Waals surface area contributed by atoms with Crippen molar-refractivity contribution in [2.75, 3.05) is 0 Å². The van der Waals surface area contributed by atoms with Gasteiger partial charge in [-0.3, -0.25) is 10.1 Å². The molecule has 154 valence electrons. The Morgan fingerprint density at radius 1 is 0.781 bits per heavy atom. The molecule has 0 aliphatic heterocycles. The summed E-state index contributed by atoms with van der Waals surface area (Å²) in [6.07, 6.45) is 3.69. The van der Waals surface area contributed by atoms with Crippen LogP contribution < -0.4 is 0 Å². The van der Waals surface area contributed by atoms with Gasteiger partial charge in [0.15, 0.2) is 0 Å². The molecule has 2 N–H and O–H groups in total. The van der Waals surface area contributed by atoms with E-state index >= 15 is 0 Å². The third-order valence-corrected chi connectivity index (χ3v) is 6.00. The normalized spacial score (nSPS) is 11.4. The summed E-state index contributed by atoms with van der Waals surface area (Å²) >= 11 is 0. The average molecular weight is 418 g/mol. The molecule has 0 bridgehead atoms. The first-order valence-electron chi connectivity index (χ1n) is 10.5. The summed E-state index contributed by atoms with van der Waals surface area (Å²) in [5, 5.41) is 9.71. The Kier molecular flexibility index (Phi) is 4.15. The topological polar surface area (TPSA) is 57.4 Å². The first-order valence-corrected chi connectivity index (χ1v) is 10.5. The molecule has 0 amide bonds. The highest BCUT2D eigenvalue weighted by Gasteiger charge is 2.15. The van der Waals surface area contributed by atoms with Gasteiger partial charge in [0, 0.05) is 39.8 Å². The molecule has 0 atom stereocenters. The molecule has 0 aliphatic carbocycles. The van der Waals surface area contributed by atoms with Crippen LogP contribution in [0.5, 0.6) is 0 Å². The van der Waals surface area contributed by atoms with Crippen LogP contribution in [0.3, 0.4) is 0 Å². The van der Waals surface area contributed by atoms with Gasteiger partial charge >= 0.3 is 0 Å². The van der Waals surface area contributed by atoms with Crippen molar-refractivity contribution in [1.82, 2.24) is 20.2 Å². The van der Waals surface area contributed by atoms with E-state index in [-0.39, 0.29) is 5.82 Å². The second kappa shape index (κ2) is 7.17. The summed E-state index contributed by atoms with van der Waals surface area (Å²) in [4.78, 5) is 7.76. The van der Waals surface area contributed by atoms with Crippen molar-refractivity contribution in [3.63, 3.8) is 0 Å². The van der Waals surface area contributed by atoms with Gasteiger partial charge in [-0.05, 0) is 60.0 Å². The first kappa shape index (κ1) is 18.5. The maximum Gasteiger partial charge on any atom is 0.131 e. The van der Waals surface area contributed by atoms with Crippen LogP contribution >= 0.6 is 0 Å². The second-order valence-electron chi connectivity index (χ2n) is 7.95. The van der Waals surface area contributed by atoms with E-state index in [2.05, 4.69) is 45.3 Å². The minimum atomic E-state index is -0.232. The predicted octanol–water partition coefficient (Wildman–Crippen LogP) is 6.89. The van der Waals surface area contributed by atoms with E-state index < -0.39 is 0 Å². The summed E-state index contributed by atoms with van der Waals surface area (Å²) in [5.41, 5.74) is 8.42. The molecule has 6 rings (SSSR count). The summed E-state index contributed by atoms with van der Waals surface area (Å²) in [5.74, 6) is -0.232. The lowest BCUT2D eigenvalue weighted by Crippen LogP contribution is -1.85. The number of benzene rings is 3. The molecular weight excluding hydrogens is 399 g/mol. The summed E-state index contributed by atoms with van der Waals surface area (Å²) in [6, 6.07) is 23.1. The number of aromatic amines is 2. The van der Waals surface area contributed by atoms with Crippen molar-refractivity contribution in [3.05, 3.63) is 96.6 Å². The van der Waals surface area contributed by atoms with Crippen LogP contribution in [0.2, 0.25) is 0 Å². The number of rotatable bonds is 3. The Balaban J connectivity index is 1.53. The van der Waals surface area contributed by atoms with E-state index in [1.54, 1.807) is 12.3 Å². The monoisotopic (exact) mass is 418 g/mol. The maximum absolute atomic E-state index is 14.5. The van der Waals surface area contributed by atoms with Gasteiger partial charge in [-0.15, -0.1) is 0 Å². The molecule has 0 aliphatic rings. The Morgan fingerprint density at radius 3 is 2.53 bits per heavy atom. The molecule has 0 fully saturated rings. The van der Waals surface area contributed by atoms with E-state index in [1.807, 2.05) is 48.7 Å². The second-order valence-corrected chi connectivity index (χ2v) is 7.95. The van der Waals surface area contributed by atoms with Crippen molar-refractivity contribution in [1.29, 1.82) is 0 Å². The number of hydrogen-bond acceptors (Lipinski definition) is 2. The van der Waals surface area contributed by atoms with Crippen molar-refractivity contribution in [2.45, 2.75) is 6.92 Å². The minimum Gasteiger partial charge on any atom is -0.353 e. The molecule has 3 aromatic heterocycles. The predicted molar refractivity (Wildman–Crippen MR) is 127 cm³/mol. The molecule has 32 heavy (non-hydrogen) atoms. The van der Waals surface area contributed by atoms with Crippen LogP contribution in [-0.2, 0) is 0 Å². The van der Waals surface area contributed by atoms with E-state index in [0.717, 1.165) is 49.9 Å². The van der Waals surface area contributed by atoms with Crippen LogP contribution in [0, 0.1) is 12.7 Å². The highest BCUT2D eigenvalue weighted by Crippen LogP contribution is 2.36. The van der Waals surface area contributed by atoms with Crippen LogP contribution in [0.1, 0.15) is 5.56 Å². The number of aryl methyl sites for hydroxylation is 1. The molecule has 6 aromatic rings. The highest BCUT2D eigenvalue weighted by molar-refractivity contribution is 6.02. The fourth-order valence-corrected chi connectivity index (χ4v) is 4.35. The van der Waals surface area contributed by atoms with Crippen LogP contribution in [-0.4, -0.2) is 20.2 Å².